The van der Waals surface area contributed by atoms with Gasteiger partial charge in [0.1, 0.15) is 0 Å². The third kappa shape index (κ3) is 3.47. The predicted octanol–water partition coefficient (Wildman–Crippen LogP) is 2.69. The van der Waals surface area contributed by atoms with Gasteiger partial charge >= 0.3 is 0 Å². The van der Waals surface area contributed by atoms with Crippen molar-refractivity contribution in [1.82, 2.24) is 4.90 Å². The van der Waals surface area contributed by atoms with Crippen LogP contribution in [0.5, 0.6) is 0 Å². The highest BCUT2D eigenvalue weighted by Gasteiger charge is 2.35. The Balaban J connectivity index is 1.80. The molecule has 2 fully saturated rings. The molecule has 0 radical (unpaired) electrons. The highest BCUT2D eigenvalue weighted by molar-refractivity contribution is 5.76. The Morgan fingerprint density at radius 2 is 1.83 bits per heavy atom. The average Bonchev–Trinajstić information content (AvgIpc) is 2.43. The summed E-state index contributed by atoms with van der Waals surface area (Å²) < 4.78 is 0. The number of carbonyl (C=O) groups excluding carboxylic acids is 1. The molecule has 1 saturated heterocycles. The first kappa shape index (κ1) is 13.9. The van der Waals surface area contributed by atoms with E-state index < -0.39 is 0 Å². The first-order chi connectivity index (χ1) is 8.83. The van der Waals surface area contributed by atoms with Crippen LogP contribution >= 0.6 is 0 Å². The van der Waals surface area contributed by atoms with Gasteiger partial charge in [-0.2, -0.15) is 0 Å². The third-order valence-corrected chi connectivity index (χ3v) is 4.66. The smallest absolute Gasteiger partial charge is 0.222 e. The number of likely N-dealkylation sites (tertiary alicyclic amines) is 1. The fourth-order valence-corrected chi connectivity index (χ4v) is 3.68. The second kappa shape index (κ2) is 7.13. The van der Waals surface area contributed by atoms with E-state index in [1.165, 1.54) is 38.5 Å². The van der Waals surface area contributed by atoms with Crippen molar-refractivity contribution < 1.29 is 4.79 Å². The molecule has 1 aliphatic carbocycles. The SMILES string of the molecule is NCCCCCC(=O)N1CCCC2CCCCC21. The predicted molar refractivity (Wildman–Crippen MR) is 74.2 cm³/mol. The number of unbranched alkanes of at least 4 members (excludes halogenated alkanes) is 2. The van der Waals surface area contributed by atoms with Crippen molar-refractivity contribution in [2.45, 2.75) is 70.3 Å². The van der Waals surface area contributed by atoms with Gasteiger partial charge in [-0.3, -0.25) is 4.79 Å². The second-order valence-electron chi connectivity index (χ2n) is 5.94. The molecule has 2 unspecified atom stereocenters. The van der Waals surface area contributed by atoms with Crippen molar-refractivity contribution in [3.8, 4) is 0 Å². The van der Waals surface area contributed by atoms with Crippen LogP contribution in [-0.2, 0) is 4.79 Å². The maximum Gasteiger partial charge on any atom is 0.222 e. The van der Waals surface area contributed by atoms with E-state index in [4.69, 9.17) is 5.73 Å². The summed E-state index contributed by atoms with van der Waals surface area (Å²) in [7, 11) is 0. The van der Waals surface area contributed by atoms with E-state index in [0.29, 0.717) is 11.9 Å². The van der Waals surface area contributed by atoms with Gasteiger partial charge in [0.2, 0.25) is 5.91 Å². The van der Waals surface area contributed by atoms with Crippen LogP contribution < -0.4 is 5.73 Å². The quantitative estimate of drug-likeness (QED) is 0.765. The van der Waals surface area contributed by atoms with E-state index in [-0.39, 0.29) is 0 Å². The Labute approximate surface area is 111 Å². The summed E-state index contributed by atoms with van der Waals surface area (Å²) in [5, 5.41) is 0. The molecule has 3 nitrogen and oxygen atoms in total. The molecule has 0 aromatic carbocycles. The van der Waals surface area contributed by atoms with Gasteiger partial charge in [0.25, 0.3) is 0 Å². The summed E-state index contributed by atoms with van der Waals surface area (Å²) in [6.45, 7) is 1.76. The van der Waals surface area contributed by atoms with Crippen LogP contribution in [0.2, 0.25) is 0 Å². The first-order valence-corrected chi connectivity index (χ1v) is 7.82. The van der Waals surface area contributed by atoms with E-state index in [9.17, 15) is 4.79 Å². The minimum absolute atomic E-state index is 0.406. The number of piperidine rings is 1. The van der Waals surface area contributed by atoms with Crippen LogP contribution in [0.3, 0.4) is 0 Å². The highest BCUT2D eigenvalue weighted by atomic mass is 16.2. The third-order valence-electron chi connectivity index (χ3n) is 4.66. The maximum absolute atomic E-state index is 12.3. The Morgan fingerprint density at radius 1 is 1.06 bits per heavy atom. The molecule has 0 spiro atoms. The molecule has 2 N–H and O–H groups in total. The minimum Gasteiger partial charge on any atom is -0.339 e. The second-order valence-corrected chi connectivity index (χ2v) is 5.94. The van der Waals surface area contributed by atoms with Crippen molar-refractivity contribution in [1.29, 1.82) is 0 Å². The molecule has 1 saturated carbocycles. The van der Waals surface area contributed by atoms with E-state index in [2.05, 4.69) is 4.90 Å². The molecule has 2 aliphatic rings. The van der Waals surface area contributed by atoms with E-state index in [0.717, 1.165) is 44.7 Å². The number of hydrogen-bond donors (Lipinski definition) is 1. The number of fused-ring (bicyclic) bond motifs is 1. The van der Waals surface area contributed by atoms with Gasteiger partial charge in [0.05, 0.1) is 0 Å². The van der Waals surface area contributed by atoms with Gasteiger partial charge in [-0.1, -0.05) is 19.3 Å². The average molecular weight is 252 g/mol. The normalized spacial score (nSPS) is 27.9. The zero-order valence-corrected chi connectivity index (χ0v) is 11.6. The van der Waals surface area contributed by atoms with Gasteiger partial charge in [-0.05, 0) is 51.0 Å². The monoisotopic (exact) mass is 252 g/mol. The molecule has 3 heteroatoms. The summed E-state index contributed by atoms with van der Waals surface area (Å²) in [6, 6.07) is 0.578. The zero-order valence-electron chi connectivity index (χ0n) is 11.6. The van der Waals surface area contributed by atoms with Crippen molar-refractivity contribution in [3.05, 3.63) is 0 Å². The van der Waals surface area contributed by atoms with Crippen LogP contribution in [0.25, 0.3) is 0 Å². The Kier molecular flexibility index (Phi) is 5.48. The van der Waals surface area contributed by atoms with Crippen molar-refractivity contribution in [2.75, 3.05) is 13.1 Å². The van der Waals surface area contributed by atoms with Gasteiger partial charge < -0.3 is 10.6 Å². The molecule has 2 rings (SSSR count). The maximum atomic E-state index is 12.3. The fourth-order valence-electron chi connectivity index (χ4n) is 3.68. The number of hydrogen-bond acceptors (Lipinski definition) is 2. The van der Waals surface area contributed by atoms with E-state index in [1.807, 2.05) is 0 Å². The highest BCUT2D eigenvalue weighted by Crippen LogP contribution is 2.35. The lowest BCUT2D eigenvalue weighted by molar-refractivity contribution is -0.137. The lowest BCUT2D eigenvalue weighted by Gasteiger charge is -2.44. The largest absolute Gasteiger partial charge is 0.339 e. The number of carbonyl (C=O) groups is 1. The zero-order chi connectivity index (χ0) is 12.8. The lowest BCUT2D eigenvalue weighted by atomic mass is 9.78. The van der Waals surface area contributed by atoms with Gasteiger partial charge in [-0.25, -0.2) is 0 Å². The molecule has 0 bridgehead atoms. The molecule has 18 heavy (non-hydrogen) atoms. The molecular formula is C15H28N2O. The van der Waals surface area contributed by atoms with Crippen molar-refractivity contribution in [3.63, 3.8) is 0 Å². The van der Waals surface area contributed by atoms with E-state index >= 15 is 0 Å². The first-order valence-electron chi connectivity index (χ1n) is 7.82. The van der Waals surface area contributed by atoms with Crippen LogP contribution in [0.1, 0.15) is 64.2 Å². The number of rotatable bonds is 5. The van der Waals surface area contributed by atoms with Crippen molar-refractivity contribution >= 4 is 5.91 Å². The van der Waals surface area contributed by atoms with E-state index in [1.54, 1.807) is 0 Å². The number of amides is 1. The molecule has 104 valence electrons. The van der Waals surface area contributed by atoms with Crippen LogP contribution in [0, 0.1) is 5.92 Å². The summed E-state index contributed by atoms with van der Waals surface area (Å²) in [5.74, 6) is 1.21. The number of nitrogens with zero attached hydrogens (tertiary/aromatic N) is 1. The molecule has 0 aromatic heterocycles. The molecule has 1 amide bonds. The van der Waals surface area contributed by atoms with Crippen molar-refractivity contribution in [2.24, 2.45) is 11.7 Å². The van der Waals surface area contributed by atoms with Crippen LogP contribution in [-0.4, -0.2) is 29.9 Å². The van der Waals surface area contributed by atoms with Gasteiger partial charge in [-0.15, -0.1) is 0 Å². The summed E-state index contributed by atoms with van der Waals surface area (Å²) in [6.07, 6.45) is 11.8. The standard InChI is InChI=1S/C15H28N2O/c16-11-5-1-2-10-15(18)17-12-6-8-13-7-3-4-9-14(13)17/h13-14H,1-12,16H2. The fraction of sp³-hybridized carbons (Fsp3) is 0.933. The topological polar surface area (TPSA) is 46.3 Å². The lowest BCUT2D eigenvalue weighted by Crippen LogP contribution is -2.49. The number of nitrogens with two attached hydrogens (primary N) is 1. The van der Waals surface area contributed by atoms with Crippen LogP contribution in [0.15, 0.2) is 0 Å². The summed E-state index contributed by atoms with van der Waals surface area (Å²) in [5.41, 5.74) is 5.48. The van der Waals surface area contributed by atoms with Gasteiger partial charge in [0, 0.05) is 19.0 Å². The Morgan fingerprint density at radius 3 is 2.67 bits per heavy atom. The Bertz CT molecular complexity index is 265. The summed E-state index contributed by atoms with van der Waals surface area (Å²) >= 11 is 0. The minimum atomic E-state index is 0.406. The molecule has 1 heterocycles. The van der Waals surface area contributed by atoms with Crippen LogP contribution in [0.4, 0.5) is 0 Å². The molecule has 0 aromatic rings. The summed E-state index contributed by atoms with van der Waals surface area (Å²) in [4.78, 5) is 14.5. The molecule has 1 aliphatic heterocycles. The molecular weight excluding hydrogens is 224 g/mol. The molecule has 2 atom stereocenters. The Hall–Kier alpha value is -0.570. The van der Waals surface area contributed by atoms with Gasteiger partial charge in [0.15, 0.2) is 0 Å².